The molecule has 0 unspecified atom stereocenters. The average Bonchev–Trinajstić information content (AvgIpc) is 3.20. The molecule has 2 rings (SSSR count). The number of nitrogens with one attached hydrogen (secondary N) is 1. The summed E-state index contributed by atoms with van der Waals surface area (Å²) in [4.78, 5) is -0.447. The predicted molar refractivity (Wildman–Crippen MR) is 65.7 cm³/mol. The van der Waals surface area contributed by atoms with E-state index in [-0.39, 0.29) is 12.1 Å². The van der Waals surface area contributed by atoms with Gasteiger partial charge in [0.15, 0.2) is 0 Å². The molecule has 0 amide bonds. The lowest BCUT2D eigenvalue weighted by molar-refractivity contribution is -0.0517. The molecule has 1 fully saturated rings. The van der Waals surface area contributed by atoms with Gasteiger partial charge < -0.3 is 4.74 Å². The maximum atomic E-state index is 12.3. The summed E-state index contributed by atoms with van der Waals surface area (Å²) in [6.07, 6.45) is 1.89. The van der Waals surface area contributed by atoms with E-state index >= 15 is 0 Å². The van der Waals surface area contributed by atoms with Crippen molar-refractivity contribution in [2.24, 2.45) is 5.92 Å². The number of rotatable bonds is 6. The van der Waals surface area contributed by atoms with Gasteiger partial charge in [-0.2, -0.15) is 14.0 Å². The lowest BCUT2D eigenvalue weighted by Gasteiger charge is -2.12. The highest BCUT2D eigenvalue weighted by molar-refractivity contribution is 7.89. The third kappa shape index (κ3) is 3.65. The van der Waals surface area contributed by atoms with Crippen LogP contribution < -0.4 is 9.46 Å². The van der Waals surface area contributed by atoms with Crippen molar-refractivity contribution in [3.8, 4) is 11.8 Å². The van der Waals surface area contributed by atoms with Crippen molar-refractivity contribution in [1.82, 2.24) is 4.72 Å². The first-order chi connectivity index (χ1) is 9.42. The SMILES string of the molecule is N#Cc1ccc(OC(F)F)c(S(=O)(=O)NCC2CC2)c1. The second-order valence-electron chi connectivity index (χ2n) is 4.45. The Kier molecular flexibility index (Phi) is 4.20. The monoisotopic (exact) mass is 302 g/mol. The molecule has 8 heteroatoms. The minimum absolute atomic E-state index is 0.0541. The Hall–Kier alpha value is -1.72. The van der Waals surface area contributed by atoms with Gasteiger partial charge >= 0.3 is 6.61 Å². The zero-order valence-electron chi connectivity index (χ0n) is 10.3. The maximum absolute atomic E-state index is 12.3. The number of sulfonamides is 1. The van der Waals surface area contributed by atoms with Gasteiger partial charge in [-0.05, 0) is 37.0 Å². The van der Waals surface area contributed by atoms with Gasteiger partial charge in [0.1, 0.15) is 10.6 Å². The number of nitrogens with zero attached hydrogens (tertiary/aromatic N) is 1. The molecule has 0 spiro atoms. The molecule has 1 aromatic rings. The summed E-state index contributed by atoms with van der Waals surface area (Å²) in [7, 11) is -3.98. The first-order valence-corrected chi connectivity index (χ1v) is 7.39. The van der Waals surface area contributed by atoms with E-state index in [1.165, 1.54) is 6.07 Å². The molecule has 20 heavy (non-hydrogen) atoms. The summed E-state index contributed by atoms with van der Waals surface area (Å²) in [5, 5.41) is 8.77. The smallest absolute Gasteiger partial charge is 0.387 e. The van der Waals surface area contributed by atoms with Crippen molar-refractivity contribution in [2.75, 3.05) is 6.54 Å². The van der Waals surface area contributed by atoms with Crippen molar-refractivity contribution in [2.45, 2.75) is 24.3 Å². The van der Waals surface area contributed by atoms with Gasteiger partial charge in [0, 0.05) is 6.54 Å². The molecular formula is C12H12F2N2O3S. The number of halogens is 2. The van der Waals surface area contributed by atoms with E-state index in [4.69, 9.17) is 5.26 Å². The van der Waals surface area contributed by atoms with E-state index in [0.717, 1.165) is 25.0 Å². The molecule has 108 valence electrons. The van der Waals surface area contributed by atoms with Gasteiger partial charge in [-0.3, -0.25) is 0 Å². The van der Waals surface area contributed by atoms with E-state index in [2.05, 4.69) is 9.46 Å². The van der Waals surface area contributed by atoms with Crippen molar-refractivity contribution >= 4 is 10.0 Å². The molecule has 0 radical (unpaired) electrons. The van der Waals surface area contributed by atoms with E-state index < -0.39 is 27.3 Å². The lowest BCUT2D eigenvalue weighted by Crippen LogP contribution is -2.26. The topological polar surface area (TPSA) is 79.2 Å². The number of ether oxygens (including phenoxy) is 1. The maximum Gasteiger partial charge on any atom is 0.387 e. The Bertz CT molecular complexity index is 637. The van der Waals surface area contributed by atoms with Gasteiger partial charge in [0.25, 0.3) is 0 Å². The molecule has 0 bridgehead atoms. The van der Waals surface area contributed by atoms with Gasteiger partial charge in [-0.1, -0.05) is 0 Å². The second kappa shape index (κ2) is 5.73. The van der Waals surface area contributed by atoms with Crippen LogP contribution in [0.1, 0.15) is 18.4 Å². The fraction of sp³-hybridized carbons (Fsp3) is 0.417. The van der Waals surface area contributed by atoms with Gasteiger partial charge in [0.2, 0.25) is 10.0 Å². The molecule has 0 aliphatic heterocycles. The molecule has 1 aliphatic carbocycles. The fourth-order valence-corrected chi connectivity index (χ4v) is 2.88. The van der Waals surface area contributed by atoms with Crippen LogP contribution in [-0.2, 0) is 10.0 Å². The third-order valence-electron chi connectivity index (χ3n) is 2.84. The summed E-state index contributed by atoms with van der Waals surface area (Å²) in [6, 6.07) is 5.05. The number of alkyl halides is 2. The van der Waals surface area contributed by atoms with Crippen molar-refractivity contribution in [3.05, 3.63) is 23.8 Å². The van der Waals surface area contributed by atoms with Crippen LogP contribution in [0.4, 0.5) is 8.78 Å². The molecule has 1 aromatic carbocycles. The van der Waals surface area contributed by atoms with Crippen molar-refractivity contribution in [3.63, 3.8) is 0 Å². The zero-order valence-corrected chi connectivity index (χ0v) is 11.2. The standard InChI is InChI=1S/C12H12F2N2O3S/c13-12(14)19-10-4-3-9(6-15)5-11(10)20(17,18)16-7-8-1-2-8/h3-5,8,12,16H,1-2,7H2. The highest BCUT2D eigenvalue weighted by atomic mass is 32.2. The number of benzene rings is 1. The lowest BCUT2D eigenvalue weighted by atomic mass is 10.2. The minimum atomic E-state index is -3.98. The Morgan fingerprint density at radius 2 is 2.15 bits per heavy atom. The Balaban J connectivity index is 2.32. The largest absolute Gasteiger partial charge is 0.433 e. The number of hydrogen-bond acceptors (Lipinski definition) is 4. The molecule has 0 heterocycles. The van der Waals surface area contributed by atoms with Crippen LogP contribution in [0.15, 0.2) is 23.1 Å². The molecule has 1 N–H and O–H groups in total. The van der Waals surface area contributed by atoms with Crippen molar-refractivity contribution < 1.29 is 21.9 Å². The van der Waals surface area contributed by atoms with Crippen LogP contribution in [0.5, 0.6) is 5.75 Å². The number of nitriles is 1. The van der Waals surface area contributed by atoms with Crippen LogP contribution in [-0.4, -0.2) is 21.6 Å². The molecule has 0 saturated heterocycles. The second-order valence-corrected chi connectivity index (χ2v) is 6.18. The Morgan fingerprint density at radius 3 is 2.70 bits per heavy atom. The van der Waals surface area contributed by atoms with Crippen molar-refractivity contribution in [1.29, 1.82) is 5.26 Å². The molecule has 1 saturated carbocycles. The van der Waals surface area contributed by atoms with E-state index in [9.17, 15) is 17.2 Å². The third-order valence-corrected chi connectivity index (χ3v) is 4.28. The average molecular weight is 302 g/mol. The fourth-order valence-electron chi connectivity index (χ4n) is 1.61. The van der Waals surface area contributed by atoms with Crippen LogP contribution in [0.2, 0.25) is 0 Å². The summed E-state index contributed by atoms with van der Waals surface area (Å²) < 4.78 is 55.3. The zero-order chi connectivity index (χ0) is 14.8. The summed E-state index contributed by atoms with van der Waals surface area (Å²) in [5.74, 6) is -0.175. The molecule has 0 atom stereocenters. The van der Waals surface area contributed by atoms with Crippen LogP contribution in [0.3, 0.4) is 0 Å². The molecular weight excluding hydrogens is 290 g/mol. The van der Waals surface area contributed by atoms with Crippen LogP contribution in [0.25, 0.3) is 0 Å². The van der Waals surface area contributed by atoms with E-state index in [0.29, 0.717) is 5.92 Å². The molecule has 5 nitrogen and oxygen atoms in total. The minimum Gasteiger partial charge on any atom is -0.433 e. The first-order valence-electron chi connectivity index (χ1n) is 5.91. The summed E-state index contributed by atoms with van der Waals surface area (Å²) in [5.41, 5.74) is 0.0541. The highest BCUT2D eigenvalue weighted by Gasteiger charge is 2.27. The van der Waals surface area contributed by atoms with E-state index in [1.807, 2.05) is 0 Å². The van der Waals surface area contributed by atoms with Crippen LogP contribution in [0, 0.1) is 17.2 Å². The quantitative estimate of drug-likeness (QED) is 0.869. The Morgan fingerprint density at radius 1 is 1.45 bits per heavy atom. The first kappa shape index (κ1) is 14.7. The predicted octanol–water partition coefficient (Wildman–Crippen LogP) is 1.85. The summed E-state index contributed by atoms with van der Waals surface area (Å²) >= 11 is 0. The van der Waals surface area contributed by atoms with E-state index in [1.54, 1.807) is 6.07 Å². The number of hydrogen-bond donors (Lipinski definition) is 1. The normalized spacial score (nSPS) is 15.1. The van der Waals surface area contributed by atoms with Gasteiger partial charge in [-0.15, -0.1) is 0 Å². The summed E-state index contributed by atoms with van der Waals surface area (Å²) in [6.45, 7) is -2.88. The van der Waals surface area contributed by atoms with Gasteiger partial charge in [-0.25, -0.2) is 13.1 Å². The highest BCUT2D eigenvalue weighted by Crippen LogP contribution is 2.30. The molecule has 0 aromatic heterocycles. The van der Waals surface area contributed by atoms with Gasteiger partial charge in [0.05, 0.1) is 11.6 Å². The Labute approximate surface area is 115 Å². The molecule has 1 aliphatic rings. The van der Waals surface area contributed by atoms with Crippen LogP contribution >= 0.6 is 0 Å².